The van der Waals surface area contributed by atoms with Crippen LogP contribution in [0.4, 0.5) is 0 Å². The molecule has 1 aliphatic rings. The first-order chi connectivity index (χ1) is 14.8. The molecule has 1 aliphatic heterocycles. The Hall–Kier alpha value is -4.00. The molecule has 0 aliphatic carbocycles. The van der Waals surface area contributed by atoms with Crippen molar-refractivity contribution in [3.8, 4) is 0 Å². The van der Waals surface area contributed by atoms with Gasteiger partial charge in [0.1, 0.15) is 0 Å². The molecule has 0 bridgehead atoms. The van der Waals surface area contributed by atoms with E-state index < -0.39 is 11.8 Å². The van der Waals surface area contributed by atoms with Gasteiger partial charge in [-0.25, -0.2) is 0 Å². The van der Waals surface area contributed by atoms with E-state index in [9.17, 15) is 19.2 Å². The van der Waals surface area contributed by atoms with Gasteiger partial charge in [-0.3, -0.25) is 24.1 Å². The van der Waals surface area contributed by atoms with Crippen molar-refractivity contribution in [1.82, 2.24) is 15.2 Å². The number of H-pyrrole nitrogens is 1. The lowest BCUT2D eigenvalue weighted by Gasteiger charge is -2.13. The van der Waals surface area contributed by atoms with E-state index >= 15 is 0 Å². The normalized spacial score (nSPS) is 12.8. The number of pyridine rings is 1. The lowest BCUT2D eigenvalue weighted by molar-refractivity contribution is 0.0642. The summed E-state index contributed by atoms with van der Waals surface area (Å²) in [5, 5.41) is 2.72. The van der Waals surface area contributed by atoms with Gasteiger partial charge in [-0.2, -0.15) is 0 Å². The molecular formula is C24H21N3O4. The summed E-state index contributed by atoms with van der Waals surface area (Å²) in [6.07, 6.45) is 0. The Morgan fingerprint density at radius 2 is 1.65 bits per heavy atom. The number of benzene rings is 2. The topological polar surface area (TPSA) is 99.3 Å². The van der Waals surface area contributed by atoms with E-state index in [-0.39, 0.29) is 41.2 Å². The third-order valence-electron chi connectivity index (χ3n) is 5.34. The van der Waals surface area contributed by atoms with E-state index in [0.717, 1.165) is 16.8 Å². The minimum absolute atomic E-state index is 0.0599. The van der Waals surface area contributed by atoms with E-state index in [1.165, 1.54) is 23.1 Å². The summed E-state index contributed by atoms with van der Waals surface area (Å²) in [6, 6.07) is 15.5. The second-order valence-electron chi connectivity index (χ2n) is 7.57. The average molecular weight is 415 g/mol. The van der Waals surface area contributed by atoms with Crippen molar-refractivity contribution >= 4 is 17.7 Å². The van der Waals surface area contributed by atoms with Crippen LogP contribution in [0.2, 0.25) is 0 Å². The molecule has 31 heavy (non-hydrogen) atoms. The van der Waals surface area contributed by atoms with Crippen molar-refractivity contribution in [3.05, 3.63) is 104 Å². The summed E-state index contributed by atoms with van der Waals surface area (Å²) in [7, 11) is 0. The van der Waals surface area contributed by atoms with Gasteiger partial charge < -0.3 is 10.3 Å². The second-order valence-corrected chi connectivity index (χ2v) is 7.57. The highest BCUT2D eigenvalue weighted by Crippen LogP contribution is 2.25. The van der Waals surface area contributed by atoms with Crippen molar-refractivity contribution in [2.45, 2.75) is 26.9 Å². The number of nitrogens with zero attached hydrogens (tertiary/aromatic N) is 1. The number of carbonyl (C=O) groups excluding carboxylic acids is 3. The molecule has 156 valence electrons. The quantitative estimate of drug-likeness (QED) is 0.626. The third kappa shape index (κ3) is 3.90. The molecule has 2 aromatic carbocycles. The minimum atomic E-state index is -0.427. The van der Waals surface area contributed by atoms with Crippen LogP contribution < -0.4 is 10.9 Å². The van der Waals surface area contributed by atoms with Gasteiger partial charge in [0.05, 0.1) is 17.7 Å². The number of aromatic amines is 1. The van der Waals surface area contributed by atoms with Crippen molar-refractivity contribution in [1.29, 1.82) is 0 Å². The first-order valence-corrected chi connectivity index (χ1v) is 9.87. The van der Waals surface area contributed by atoms with Crippen LogP contribution in [-0.4, -0.2) is 27.6 Å². The standard InChI is InChI=1S/C24H21N3O4/c1-14-10-15(2)26-22(29)20(14)12-25-21(28)17-8-9-18-19(11-17)24(31)27(23(18)30)13-16-6-4-3-5-7-16/h3-11H,12-13H2,1-2H3,(H,25,28)(H,26,29). The van der Waals surface area contributed by atoms with Crippen LogP contribution in [0.25, 0.3) is 0 Å². The maximum Gasteiger partial charge on any atom is 0.261 e. The second kappa shape index (κ2) is 8.02. The van der Waals surface area contributed by atoms with E-state index in [4.69, 9.17) is 0 Å². The number of carbonyl (C=O) groups is 3. The Kier molecular flexibility index (Phi) is 5.25. The summed E-state index contributed by atoms with van der Waals surface area (Å²) >= 11 is 0. The highest BCUT2D eigenvalue weighted by atomic mass is 16.2. The zero-order chi connectivity index (χ0) is 22.1. The number of fused-ring (bicyclic) bond motifs is 1. The Morgan fingerprint density at radius 1 is 0.935 bits per heavy atom. The SMILES string of the molecule is Cc1cc(C)c(CNC(=O)c2ccc3c(c2)C(=O)N(Cc2ccccc2)C3=O)c(=O)[nH]1. The first-order valence-electron chi connectivity index (χ1n) is 9.87. The minimum Gasteiger partial charge on any atom is -0.348 e. The number of hydrogen-bond acceptors (Lipinski definition) is 4. The molecule has 3 amide bonds. The van der Waals surface area contributed by atoms with Gasteiger partial charge in [0, 0.05) is 23.4 Å². The number of nitrogens with one attached hydrogen (secondary N) is 2. The van der Waals surface area contributed by atoms with Gasteiger partial charge >= 0.3 is 0 Å². The van der Waals surface area contributed by atoms with Crippen molar-refractivity contribution in [2.75, 3.05) is 0 Å². The Balaban J connectivity index is 1.52. The molecule has 2 heterocycles. The van der Waals surface area contributed by atoms with Crippen LogP contribution >= 0.6 is 0 Å². The summed E-state index contributed by atoms with van der Waals surface area (Å²) < 4.78 is 0. The Labute approximate surface area is 178 Å². The predicted molar refractivity (Wildman–Crippen MR) is 115 cm³/mol. The number of amides is 3. The van der Waals surface area contributed by atoms with Gasteiger partial charge in [0.2, 0.25) is 0 Å². The molecule has 0 unspecified atom stereocenters. The van der Waals surface area contributed by atoms with Crippen LogP contribution in [0.3, 0.4) is 0 Å². The van der Waals surface area contributed by atoms with Crippen LogP contribution in [0.15, 0.2) is 59.4 Å². The van der Waals surface area contributed by atoms with Crippen molar-refractivity contribution in [3.63, 3.8) is 0 Å². The zero-order valence-electron chi connectivity index (χ0n) is 17.2. The molecule has 0 fully saturated rings. The molecule has 1 aromatic heterocycles. The van der Waals surface area contributed by atoms with E-state index in [1.54, 1.807) is 6.92 Å². The van der Waals surface area contributed by atoms with Gasteiger partial charge in [-0.1, -0.05) is 30.3 Å². The van der Waals surface area contributed by atoms with Gasteiger partial charge in [-0.05, 0) is 49.2 Å². The molecule has 0 saturated carbocycles. The lowest BCUT2D eigenvalue weighted by Crippen LogP contribution is -2.29. The summed E-state index contributed by atoms with van der Waals surface area (Å²) in [6.45, 7) is 3.83. The van der Waals surface area contributed by atoms with Crippen LogP contribution in [0.5, 0.6) is 0 Å². The number of aromatic nitrogens is 1. The first kappa shape index (κ1) is 20.3. The van der Waals surface area contributed by atoms with Crippen LogP contribution in [0.1, 0.15) is 53.5 Å². The fourth-order valence-electron chi connectivity index (χ4n) is 3.71. The van der Waals surface area contributed by atoms with Gasteiger partial charge in [-0.15, -0.1) is 0 Å². The summed E-state index contributed by atoms with van der Waals surface area (Å²) in [5.74, 6) is -1.23. The molecule has 7 nitrogen and oxygen atoms in total. The average Bonchev–Trinajstić information content (AvgIpc) is 2.98. The lowest BCUT2D eigenvalue weighted by atomic mass is 10.0. The van der Waals surface area contributed by atoms with Gasteiger partial charge in [0.25, 0.3) is 23.3 Å². The molecule has 7 heteroatoms. The maximum atomic E-state index is 12.8. The Bertz CT molecular complexity index is 1260. The molecule has 2 N–H and O–H groups in total. The molecule has 0 atom stereocenters. The van der Waals surface area contributed by atoms with E-state index in [1.807, 2.05) is 43.3 Å². The Morgan fingerprint density at radius 3 is 2.35 bits per heavy atom. The number of rotatable bonds is 5. The van der Waals surface area contributed by atoms with Gasteiger partial charge in [0.15, 0.2) is 0 Å². The van der Waals surface area contributed by atoms with Crippen LogP contribution in [0, 0.1) is 13.8 Å². The fraction of sp³-hybridized carbons (Fsp3) is 0.167. The smallest absolute Gasteiger partial charge is 0.261 e. The van der Waals surface area contributed by atoms with Crippen LogP contribution in [-0.2, 0) is 13.1 Å². The van der Waals surface area contributed by atoms with Crippen molar-refractivity contribution < 1.29 is 14.4 Å². The van der Waals surface area contributed by atoms with E-state index in [0.29, 0.717) is 5.56 Å². The highest BCUT2D eigenvalue weighted by molar-refractivity contribution is 6.22. The molecular weight excluding hydrogens is 394 g/mol. The van der Waals surface area contributed by atoms with E-state index in [2.05, 4.69) is 10.3 Å². The largest absolute Gasteiger partial charge is 0.348 e. The summed E-state index contributed by atoms with van der Waals surface area (Å²) in [4.78, 5) is 54.2. The van der Waals surface area contributed by atoms with Crippen molar-refractivity contribution in [2.24, 2.45) is 0 Å². The number of imide groups is 1. The fourth-order valence-corrected chi connectivity index (χ4v) is 3.71. The molecule has 0 spiro atoms. The monoisotopic (exact) mass is 415 g/mol. The number of hydrogen-bond donors (Lipinski definition) is 2. The zero-order valence-corrected chi connectivity index (χ0v) is 17.2. The maximum absolute atomic E-state index is 12.8. The highest BCUT2D eigenvalue weighted by Gasteiger charge is 2.36. The molecule has 0 radical (unpaired) electrons. The third-order valence-corrected chi connectivity index (χ3v) is 5.34. The summed E-state index contributed by atoms with van der Waals surface area (Å²) in [5.41, 5.74) is 3.34. The molecule has 0 saturated heterocycles. The number of aryl methyl sites for hydroxylation is 2. The predicted octanol–water partition coefficient (Wildman–Crippen LogP) is 2.72. The molecule has 3 aromatic rings. The molecule has 4 rings (SSSR count).